The minimum atomic E-state index is -0.103. The van der Waals surface area contributed by atoms with E-state index in [1.807, 2.05) is 17.5 Å². The van der Waals surface area contributed by atoms with Gasteiger partial charge in [-0.2, -0.15) is 0 Å². The molecule has 1 saturated heterocycles. The summed E-state index contributed by atoms with van der Waals surface area (Å²) < 4.78 is 5.33. The van der Waals surface area contributed by atoms with Crippen molar-refractivity contribution >= 4 is 17.3 Å². The number of rotatable bonds is 4. The van der Waals surface area contributed by atoms with Gasteiger partial charge in [-0.25, -0.2) is 0 Å². The predicted molar refractivity (Wildman–Crippen MR) is 68.9 cm³/mol. The van der Waals surface area contributed by atoms with E-state index < -0.39 is 0 Å². The lowest BCUT2D eigenvalue weighted by Crippen LogP contribution is -2.44. The second kappa shape index (κ2) is 6.17. The van der Waals surface area contributed by atoms with E-state index >= 15 is 0 Å². The zero-order valence-electron chi connectivity index (χ0n) is 10.1. The van der Waals surface area contributed by atoms with Crippen LogP contribution in [0, 0.1) is 5.92 Å². The molecular weight excluding hydrogens is 234 g/mol. The van der Waals surface area contributed by atoms with Gasteiger partial charge in [-0.1, -0.05) is 19.4 Å². The molecule has 2 unspecified atom stereocenters. The summed E-state index contributed by atoms with van der Waals surface area (Å²) in [5.74, 6) is 0.562. The first-order valence-electron chi connectivity index (χ1n) is 6.22. The van der Waals surface area contributed by atoms with Gasteiger partial charge in [0, 0.05) is 4.88 Å². The Morgan fingerprint density at radius 2 is 2.53 bits per heavy atom. The normalized spacial score (nSPS) is 24.5. The molecule has 2 heterocycles. The number of carbonyl (C=O) groups is 1. The van der Waals surface area contributed by atoms with Crippen molar-refractivity contribution in [3.05, 3.63) is 22.4 Å². The molecule has 1 aromatic heterocycles. The molecule has 2 rings (SSSR count). The van der Waals surface area contributed by atoms with Crippen LogP contribution in [-0.4, -0.2) is 18.6 Å². The summed E-state index contributed by atoms with van der Waals surface area (Å²) in [6, 6.07) is 3.86. The summed E-state index contributed by atoms with van der Waals surface area (Å²) in [6.45, 7) is 3.52. The van der Waals surface area contributed by atoms with Gasteiger partial charge in [-0.3, -0.25) is 4.79 Å². The van der Waals surface area contributed by atoms with E-state index in [1.165, 1.54) is 6.42 Å². The topological polar surface area (TPSA) is 38.3 Å². The highest BCUT2D eigenvalue weighted by molar-refractivity contribution is 7.09. The van der Waals surface area contributed by atoms with Gasteiger partial charge < -0.3 is 10.1 Å². The van der Waals surface area contributed by atoms with E-state index in [0.29, 0.717) is 12.5 Å². The molecule has 17 heavy (non-hydrogen) atoms. The number of hydrogen-bond donors (Lipinski definition) is 1. The lowest BCUT2D eigenvalue weighted by atomic mass is 9.90. The Morgan fingerprint density at radius 3 is 3.24 bits per heavy atom. The molecule has 1 aliphatic heterocycles. The summed E-state index contributed by atoms with van der Waals surface area (Å²) >= 11 is 1.62. The van der Waals surface area contributed by atoms with Gasteiger partial charge >= 0.3 is 5.97 Å². The lowest BCUT2D eigenvalue weighted by Gasteiger charge is -2.28. The summed E-state index contributed by atoms with van der Waals surface area (Å²) in [4.78, 5) is 13.0. The molecule has 0 aliphatic carbocycles. The van der Waals surface area contributed by atoms with Crippen molar-refractivity contribution in [1.82, 2.24) is 5.32 Å². The first-order valence-corrected chi connectivity index (χ1v) is 7.10. The van der Waals surface area contributed by atoms with Crippen LogP contribution >= 0.6 is 11.3 Å². The van der Waals surface area contributed by atoms with E-state index in [-0.39, 0.29) is 12.0 Å². The van der Waals surface area contributed by atoms with Crippen molar-refractivity contribution in [1.29, 1.82) is 0 Å². The highest BCUT2D eigenvalue weighted by Gasteiger charge is 2.26. The lowest BCUT2D eigenvalue weighted by molar-refractivity contribution is -0.148. The Morgan fingerprint density at radius 1 is 1.65 bits per heavy atom. The van der Waals surface area contributed by atoms with Crippen molar-refractivity contribution < 1.29 is 9.53 Å². The Labute approximate surface area is 106 Å². The van der Waals surface area contributed by atoms with Crippen molar-refractivity contribution in [2.24, 2.45) is 5.92 Å². The summed E-state index contributed by atoms with van der Waals surface area (Å²) in [5, 5.41) is 5.24. The molecule has 3 nitrogen and oxygen atoms in total. The van der Waals surface area contributed by atoms with Crippen LogP contribution in [0.15, 0.2) is 17.5 Å². The molecule has 1 aliphatic rings. The van der Waals surface area contributed by atoms with Crippen LogP contribution in [0.3, 0.4) is 0 Å². The van der Waals surface area contributed by atoms with Crippen LogP contribution in [0.25, 0.3) is 0 Å². The first kappa shape index (κ1) is 12.6. The molecule has 2 atom stereocenters. The molecule has 4 heteroatoms. The van der Waals surface area contributed by atoms with Crippen molar-refractivity contribution in [3.8, 4) is 0 Å². The molecule has 0 spiro atoms. The second-order valence-electron chi connectivity index (χ2n) is 4.49. The fourth-order valence-corrected chi connectivity index (χ4v) is 2.80. The Kier molecular flexibility index (Phi) is 4.57. The van der Waals surface area contributed by atoms with Crippen LogP contribution in [-0.2, 0) is 16.1 Å². The summed E-state index contributed by atoms with van der Waals surface area (Å²) in [6.07, 6.45) is 3.24. The van der Waals surface area contributed by atoms with Gasteiger partial charge in [0.05, 0.1) is 0 Å². The summed E-state index contributed by atoms with van der Waals surface area (Å²) in [7, 11) is 0. The smallest absolute Gasteiger partial charge is 0.323 e. The van der Waals surface area contributed by atoms with Gasteiger partial charge in [-0.05, 0) is 36.8 Å². The van der Waals surface area contributed by atoms with Gasteiger partial charge in [0.25, 0.3) is 0 Å². The zero-order chi connectivity index (χ0) is 12.1. The largest absolute Gasteiger partial charge is 0.459 e. The quantitative estimate of drug-likeness (QED) is 0.838. The number of esters is 1. The molecule has 0 amide bonds. The van der Waals surface area contributed by atoms with Crippen molar-refractivity contribution in [2.45, 2.75) is 38.8 Å². The first-order chi connectivity index (χ1) is 8.29. The van der Waals surface area contributed by atoms with Crippen LogP contribution < -0.4 is 5.32 Å². The highest BCUT2D eigenvalue weighted by Crippen LogP contribution is 2.20. The fourth-order valence-electron chi connectivity index (χ4n) is 2.18. The minimum Gasteiger partial charge on any atom is -0.459 e. The number of hydrogen-bond acceptors (Lipinski definition) is 4. The van der Waals surface area contributed by atoms with Crippen molar-refractivity contribution in [3.63, 3.8) is 0 Å². The average molecular weight is 253 g/mol. The number of ether oxygens (including phenoxy) is 1. The van der Waals surface area contributed by atoms with Crippen LogP contribution in [0.1, 0.15) is 31.1 Å². The van der Waals surface area contributed by atoms with Crippen LogP contribution in [0.2, 0.25) is 0 Å². The number of nitrogens with one attached hydrogen (secondary N) is 1. The third kappa shape index (κ3) is 3.54. The Hall–Kier alpha value is -0.870. The van der Waals surface area contributed by atoms with Crippen LogP contribution in [0.4, 0.5) is 0 Å². The maximum absolute atomic E-state index is 11.9. The van der Waals surface area contributed by atoms with Crippen molar-refractivity contribution in [2.75, 3.05) is 6.54 Å². The average Bonchev–Trinajstić information content (AvgIpc) is 2.89. The molecule has 1 aromatic rings. The molecule has 1 fully saturated rings. The van der Waals surface area contributed by atoms with Crippen LogP contribution in [0.5, 0.6) is 0 Å². The van der Waals surface area contributed by atoms with Gasteiger partial charge in [-0.15, -0.1) is 11.3 Å². The maximum Gasteiger partial charge on any atom is 0.323 e. The number of piperidine rings is 1. The predicted octanol–water partition coefficient (Wildman–Crippen LogP) is 2.57. The maximum atomic E-state index is 11.9. The molecule has 0 bridgehead atoms. The SMILES string of the molecule is CCC1CCNC(C(=O)OCc2cccs2)C1. The van der Waals surface area contributed by atoms with E-state index in [0.717, 1.165) is 24.3 Å². The molecule has 1 N–H and O–H groups in total. The monoisotopic (exact) mass is 253 g/mol. The summed E-state index contributed by atoms with van der Waals surface area (Å²) in [5.41, 5.74) is 0. The highest BCUT2D eigenvalue weighted by atomic mass is 32.1. The zero-order valence-corrected chi connectivity index (χ0v) is 11.0. The Bertz CT molecular complexity index is 350. The molecule has 94 valence electrons. The molecule has 0 saturated carbocycles. The standard InChI is InChI=1S/C13H19NO2S/c1-2-10-5-6-14-12(8-10)13(15)16-9-11-4-3-7-17-11/h3-4,7,10,12,14H,2,5-6,8-9H2,1H3. The molecular formula is C13H19NO2S. The number of carbonyl (C=O) groups excluding carboxylic acids is 1. The van der Waals surface area contributed by atoms with E-state index in [2.05, 4.69) is 12.2 Å². The van der Waals surface area contributed by atoms with Gasteiger partial charge in [0.2, 0.25) is 0 Å². The fraction of sp³-hybridized carbons (Fsp3) is 0.615. The second-order valence-corrected chi connectivity index (χ2v) is 5.52. The van der Waals surface area contributed by atoms with Gasteiger partial charge in [0.1, 0.15) is 12.6 Å². The molecule has 0 radical (unpaired) electrons. The van der Waals surface area contributed by atoms with E-state index in [1.54, 1.807) is 11.3 Å². The Balaban J connectivity index is 1.79. The van der Waals surface area contributed by atoms with E-state index in [4.69, 9.17) is 4.74 Å². The molecule has 0 aromatic carbocycles. The third-order valence-electron chi connectivity index (χ3n) is 3.31. The number of thiophene rings is 1. The van der Waals surface area contributed by atoms with Gasteiger partial charge in [0.15, 0.2) is 0 Å². The van der Waals surface area contributed by atoms with E-state index in [9.17, 15) is 4.79 Å². The minimum absolute atomic E-state index is 0.100. The third-order valence-corrected chi connectivity index (χ3v) is 4.16.